The van der Waals surface area contributed by atoms with Gasteiger partial charge in [-0.25, -0.2) is 19.7 Å². The highest BCUT2D eigenvalue weighted by Crippen LogP contribution is 2.30. The molecule has 0 fully saturated rings. The molecule has 1 aliphatic heterocycles. The summed E-state index contributed by atoms with van der Waals surface area (Å²) < 4.78 is 5.11. The van der Waals surface area contributed by atoms with Gasteiger partial charge < -0.3 is 10.1 Å². The summed E-state index contributed by atoms with van der Waals surface area (Å²) in [5.41, 5.74) is 2.39. The van der Waals surface area contributed by atoms with Crippen LogP contribution in [0.5, 0.6) is 5.88 Å². The number of hydrogen-bond donors (Lipinski definition) is 2. The van der Waals surface area contributed by atoms with Gasteiger partial charge in [-0.15, -0.1) is 0 Å². The first-order valence-electron chi connectivity index (χ1n) is 8.99. The molecule has 0 bridgehead atoms. The number of carbonyl (C=O) groups excluding carboxylic acids is 1. The van der Waals surface area contributed by atoms with Gasteiger partial charge in [0.15, 0.2) is 5.82 Å². The summed E-state index contributed by atoms with van der Waals surface area (Å²) in [6, 6.07) is 12.6. The third kappa shape index (κ3) is 3.71. The van der Waals surface area contributed by atoms with Crippen LogP contribution in [0, 0.1) is 0 Å². The van der Waals surface area contributed by atoms with Crippen LogP contribution in [0.25, 0.3) is 11.3 Å². The summed E-state index contributed by atoms with van der Waals surface area (Å²) in [6.45, 7) is 1.32. The average molecular weight is 376 g/mol. The number of hydrogen-bond acceptors (Lipinski definition) is 6. The van der Waals surface area contributed by atoms with Gasteiger partial charge in [-0.1, -0.05) is 6.07 Å². The number of urea groups is 1. The van der Waals surface area contributed by atoms with E-state index in [4.69, 9.17) is 9.72 Å². The molecule has 1 aliphatic rings. The van der Waals surface area contributed by atoms with E-state index in [1.165, 1.54) is 0 Å². The average Bonchev–Trinajstić information content (AvgIpc) is 2.96. The smallest absolute Gasteiger partial charge is 0.328 e. The number of aromatic nitrogens is 3. The van der Waals surface area contributed by atoms with E-state index in [1.807, 2.05) is 24.3 Å². The molecule has 4 rings (SSSR count). The van der Waals surface area contributed by atoms with Crippen LogP contribution < -0.4 is 20.3 Å². The van der Waals surface area contributed by atoms with Gasteiger partial charge in [0.05, 0.1) is 18.5 Å². The molecule has 2 N–H and O–H groups in total. The van der Waals surface area contributed by atoms with Crippen molar-refractivity contribution in [1.82, 2.24) is 15.0 Å². The van der Waals surface area contributed by atoms with Crippen molar-refractivity contribution >= 4 is 23.4 Å². The van der Waals surface area contributed by atoms with Gasteiger partial charge in [-0.3, -0.25) is 10.2 Å². The largest absolute Gasteiger partial charge is 0.481 e. The Hall–Kier alpha value is -3.68. The lowest BCUT2D eigenvalue weighted by Crippen LogP contribution is -2.36. The first-order chi connectivity index (χ1) is 13.7. The standard InChI is InChI=1S/C20H20N6O2/c1-28-18-9-6-14(13-23-18)15-7-8-16-19(24-15)26(12-4-11-21-16)20(27)25-17-5-2-3-10-22-17/h2-3,5-10,13,21H,4,11-12H2,1H3,(H,22,25,27). The lowest BCUT2D eigenvalue weighted by Gasteiger charge is -2.22. The second-order valence-electron chi connectivity index (χ2n) is 6.23. The quantitative estimate of drug-likeness (QED) is 0.728. The van der Waals surface area contributed by atoms with Crippen molar-refractivity contribution in [3.8, 4) is 17.1 Å². The van der Waals surface area contributed by atoms with E-state index in [0.717, 1.165) is 29.9 Å². The van der Waals surface area contributed by atoms with E-state index in [2.05, 4.69) is 20.6 Å². The summed E-state index contributed by atoms with van der Waals surface area (Å²) in [6.07, 6.45) is 4.15. The normalized spacial score (nSPS) is 13.1. The van der Waals surface area contributed by atoms with Crippen molar-refractivity contribution in [3.63, 3.8) is 0 Å². The number of ether oxygens (including phenoxy) is 1. The van der Waals surface area contributed by atoms with Gasteiger partial charge in [0.1, 0.15) is 5.82 Å². The van der Waals surface area contributed by atoms with E-state index in [9.17, 15) is 4.79 Å². The molecule has 0 aliphatic carbocycles. The third-order valence-corrected chi connectivity index (χ3v) is 4.39. The van der Waals surface area contributed by atoms with E-state index in [-0.39, 0.29) is 6.03 Å². The maximum Gasteiger partial charge on any atom is 0.328 e. The topological polar surface area (TPSA) is 92.3 Å². The molecule has 8 heteroatoms. The highest BCUT2D eigenvalue weighted by atomic mass is 16.5. The summed E-state index contributed by atoms with van der Waals surface area (Å²) in [7, 11) is 1.58. The third-order valence-electron chi connectivity index (χ3n) is 4.39. The minimum absolute atomic E-state index is 0.263. The van der Waals surface area contributed by atoms with Gasteiger partial charge in [-0.05, 0) is 36.8 Å². The molecule has 8 nitrogen and oxygen atoms in total. The minimum atomic E-state index is -0.263. The summed E-state index contributed by atoms with van der Waals surface area (Å²) in [5.74, 6) is 1.62. The number of rotatable bonds is 3. The predicted octanol–water partition coefficient (Wildman–Crippen LogP) is 3.40. The highest BCUT2D eigenvalue weighted by Gasteiger charge is 2.23. The van der Waals surface area contributed by atoms with E-state index >= 15 is 0 Å². The van der Waals surface area contributed by atoms with Crippen LogP contribution in [-0.4, -0.2) is 41.2 Å². The molecular weight excluding hydrogens is 356 g/mol. The number of pyridine rings is 3. The van der Waals surface area contributed by atoms with Crippen molar-refractivity contribution in [2.45, 2.75) is 6.42 Å². The number of fused-ring (bicyclic) bond motifs is 1. The number of amides is 2. The molecular formula is C20H20N6O2. The summed E-state index contributed by atoms with van der Waals surface area (Å²) in [5, 5.41) is 6.17. The van der Waals surface area contributed by atoms with E-state index in [0.29, 0.717) is 24.1 Å². The lowest BCUT2D eigenvalue weighted by molar-refractivity contribution is 0.256. The van der Waals surface area contributed by atoms with Crippen molar-refractivity contribution in [2.75, 3.05) is 35.7 Å². The van der Waals surface area contributed by atoms with Crippen molar-refractivity contribution in [1.29, 1.82) is 0 Å². The summed E-state index contributed by atoms with van der Waals surface area (Å²) >= 11 is 0. The van der Waals surface area contributed by atoms with Gasteiger partial charge >= 0.3 is 6.03 Å². The molecule has 3 aromatic heterocycles. The monoisotopic (exact) mass is 376 g/mol. The maximum absolute atomic E-state index is 12.9. The number of carbonyl (C=O) groups is 1. The van der Waals surface area contributed by atoms with Gasteiger partial charge in [-0.2, -0.15) is 0 Å². The Morgan fingerprint density at radius 1 is 1.18 bits per heavy atom. The molecule has 0 saturated heterocycles. The second kappa shape index (κ2) is 7.91. The SMILES string of the molecule is COc1ccc(-c2ccc3c(n2)N(C(=O)Nc2ccccn2)CCCN3)cn1. The molecule has 142 valence electrons. The fraction of sp³-hybridized carbons (Fsp3) is 0.200. The predicted molar refractivity (Wildman–Crippen MR) is 108 cm³/mol. The van der Waals surface area contributed by atoms with Gasteiger partial charge in [0.25, 0.3) is 0 Å². The van der Waals surface area contributed by atoms with Crippen LogP contribution in [0.15, 0.2) is 54.9 Å². The van der Waals surface area contributed by atoms with E-state index < -0.39 is 0 Å². The molecule has 28 heavy (non-hydrogen) atoms. The molecule has 3 aromatic rings. The van der Waals surface area contributed by atoms with Crippen molar-refractivity contribution < 1.29 is 9.53 Å². The number of anilines is 3. The first kappa shape index (κ1) is 17.7. The Morgan fingerprint density at radius 2 is 2.11 bits per heavy atom. The molecule has 0 unspecified atom stereocenters. The molecule has 0 radical (unpaired) electrons. The molecule has 0 atom stereocenters. The van der Waals surface area contributed by atoms with Gasteiger partial charge in [0, 0.05) is 37.1 Å². The second-order valence-corrected chi connectivity index (χ2v) is 6.23. The van der Waals surface area contributed by atoms with Crippen LogP contribution in [0.3, 0.4) is 0 Å². The Balaban J connectivity index is 1.66. The Labute approximate surface area is 162 Å². The maximum atomic E-state index is 12.9. The van der Waals surface area contributed by atoms with Gasteiger partial charge in [0.2, 0.25) is 5.88 Å². The zero-order valence-electron chi connectivity index (χ0n) is 15.4. The Kier molecular flexibility index (Phi) is 5.01. The molecule has 0 saturated carbocycles. The number of nitrogens with one attached hydrogen (secondary N) is 2. The summed E-state index contributed by atoms with van der Waals surface area (Å²) in [4.78, 5) is 27.7. The molecule has 2 amide bonds. The Bertz CT molecular complexity index is 962. The minimum Gasteiger partial charge on any atom is -0.481 e. The van der Waals surface area contributed by atoms with Crippen LogP contribution in [0.1, 0.15) is 6.42 Å². The van der Waals surface area contributed by atoms with E-state index in [1.54, 1.807) is 42.6 Å². The Morgan fingerprint density at radius 3 is 2.86 bits per heavy atom. The van der Waals surface area contributed by atoms with Crippen LogP contribution in [0.4, 0.5) is 22.1 Å². The zero-order valence-corrected chi connectivity index (χ0v) is 15.4. The lowest BCUT2D eigenvalue weighted by atomic mass is 10.2. The van der Waals surface area contributed by atoms with Crippen molar-refractivity contribution in [2.24, 2.45) is 0 Å². The molecule has 4 heterocycles. The first-order valence-corrected chi connectivity index (χ1v) is 8.99. The van der Waals surface area contributed by atoms with Crippen LogP contribution in [-0.2, 0) is 0 Å². The fourth-order valence-electron chi connectivity index (χ4n) is 2.98. The van der Waals surface area contributed by atoms with Crippen LogP contribution >= 0.6 is 0 Å². The van der Waals surface area contributed by atoms with Crippen LogP contribution in [0.2, 0.25) is 0 Å². The molecule has 0 spiro atoms. The number of nitrogens with zero attached hydrogens (tertiary/aromatic N) is 4. The highest BCUT2D eigenvalue weighted by molar-refractivity contribution is 6.02. The number of methoxy groups -OCH3 is 1. The molecule has 0 aromatic carbocycles. The zero-order chi connectivity index (χ0) is 19.3. The fourth-order valence-corrected chi connectivity index (χ4v) is 2.98. The van der Waals surface area contributed by atoms with Crippen molar-refractivity contribution in [3.05, 3.63) is 54.9 Å².